The molecular weight excluding hydrogens is 262 g/mol. The van der Waals surface area contributed by atoms with E-state index >= 15 is 0 Å². The molecule has 4 nitrogen and oxygen atoms in total. The zero-order valence-electron chi connectivity index (χ0n) is 12.7. The first kappa shape index (κ1) is 15.1. The number of benzene rings is 2. The topological polar surface area (TPSA) is 49.6 Å². The number of nitrogens with two attached hydrogens (primary N) is 1. The van der Waals surface area contributed by atoms with Crippen molar-refractivity contribution in [3.05, 3.63) is 59.7 Å². The Morgan fingerprint density at radius 2 is 1.62 bits per heavy atom. The Bertz CT molecular complexity index is 620. The lowest BCUT2D eigenvalue weighted by Crippen LogP contribution is -2.27. The molecule has 0 aromatic heterocycles. The van der Waals surface area contributed by atoms with E-state index in [1.54, 1.807) is 11.9 Å². The Morgan fingerprint density at radius 3 is 2.19 bits per heavy atom. The van der Waals surface area contributed by atoms with Crippen molar-refractivity contribution < 1.29 is 4.79 Å². The summed E-state index contributed by atoms with van der Waals surface area (Å²) in [5.74, 6) is -0.0405. The summed E-state index contributed by atoms with van der Waals surface area (Å²) in [6.45, 7) is 0.410. The molecule has 1 amide bonds. The minimum atomic E-state index is -0.0405. The maximum atomic E-state index is 12.6. The predicted octanol–water partition coefficient (Wildman–Crippen LogP) is 2.49. The molecule has 4 heteroatoms. The molecule has 2 rings (SSSR count). The summed E-state index contributed by atoms with van der Waals surface area (Å²) in [6.07, 6.45) is 0. The van der Waals surface area contributed by atoms with E-state index in [0.717, 1.165) is 16.9 Å². The second-order valence-electron chi connectivity index (χ2n) is 5.14. The van der Waals surface area contributed by atoms with E-state index in [0.29, 0.717) is 12.1 Å². The summed E-state index contributed by atoms with van der Waals surface area (Å²) in [6, 6.07) is 15.3. The first-order valence-electron chi connectivity index (χ1n) is 6.88. The van der Waals surface area contributed by atoms with Gasteiger partial charge in [0.25, 0.3) is 5.91 Å². The molecule has 0 spiro atoms. The van der Waals surface area contributed by atoms with Gasteiger partial charge in [0.15, 0.2) is 0 Å². The van der Waals surface area contributed by atoms with Gasteiger partial charge in [0, 0.05) is 44.6 Å². The van der Waals surface area contributed by atoms with Crippen LogP contribution in [0.4, 0.5) is 11.4 Å². The van der Waals surface area contributed by atoms with Gasteiger partial charge in [0.05, 0.1) is 0 Å². The largest absolute Gasteiger partial charge is 0.378 e. The number of rotatable bonds is 4. The zero-order valence-corrected chi connectivity index (χ0v) is 12.7. The molecular formula is C17H21N3O. The van der Waals surface area contributed by atoms with Crippen LogP contribution in [0.3, 0.4) is 0 Å². The third-order valence-electron chi connectivity index (χ3n) is 3.51. The van der Waals surface area contributed by atoms with Crippen LogP contribution in [0, 0.1) is 0 Å². The van der Waals surface area contributed by atoms with Gasteiger partial charge < -0.3 is 15.5 Å². The number of anilines is 2. The molecule has 0 aliphatic heterocycles. The predicted molar refractivity (Wildman–Crippen MR) is 87.8 cm³/mol. The van der Waals surface area contributed by atoms with Crippen LogP contribution in [-0.4, -0.2) is 27.1 Å². The van der Waals surface area contributed by atoms with Gasteiger partial charge in [-0.1, -0.05) is 18.2 Å². The van der Waals surface area contributed by atoms with Crippen molar-refractivity contribution >= 4 is 17.3 Å². The molecule has 0 atom stereocenters. The lowest BCUT2D eigenvalue weighted by molar-refractivity contribution is 0.0993. The van der Waals surface area contributed by atoms with Crippen LogP contribution in [-0.2, 0) is 6.54 Å². The van der Waals surface area contributed by atoms with Gasteiger partial charge in [-0.25, -0.2) is 0 Å². The van der Waals surface area contributed by atoms with E-state index in [2.05, 4.69) is 0 Å². The molecule has 110 valence electrons. The first-order valence-corrected chi connectivity index (χ1v) is 6.88. The molecule has 21 heavy (non-hydrogen) atoms. The molecule has 0 aliphatic rings. The number of para-hydroxylation sites is 1. The lowest BCUT2D eigenvalue weighted by atomic mass is 10.1. The SMILES string of the molecule is CN(C)c1ccc(C(=O)N(C)c2ccccc2CN)cc1. The van der Waals surface area contributed by atoms with Gasteiger partial charge in [0.1, 0.15) is 0 Å². The van der Waals surface area contributed by atoms with Crippen molar-refractivity contribution in [1.29, 1.82) is 0 Å². The zero-order chi connectivity index (χ0) is 15.4. The average molecular weight is 283 g/mol. The van der Waals surface area contributed by atoms with Crippen LogP contribution in [0.25, 0.3) is 0 Å². The standard InChI is InChI=1S/C17H21N3O/c1-19(2)15-10-8-13(9-11-15)17(21)20(3)16-7-5-4-6-14(16)12-18/h4-11H,12,18H2,1-3H3. The lowest BCUT2D eigenvalue weighted by Gasteiger charge is -2.21. The van der Waals surface area contributed by atoms with Crippen LogP contribution in [0.2, 0.25) is 0 Å². The van der Waals surface area contributed by atoms with Crippen molar-refractivity contribution in [3.8, 4) is 0 Å². The molecule has 2 N–H and O–H groups in total. The second kappa shape index (κ2) is 6.41. The monoisotopic (exact) mass is 283 g/mol. The Morgan fingerprint density at radius 1 is 1.00 bits per heavy atom. The number of nitrogens with zero attached hydrogens (tertiary/aromatic N) is 2. The first-order chi connectivity index (χ1) is 10.0. The quantitative estimate of drug-likeness (QED) is 0.938. The van der Waals surface area contributed by atoms with Gasteiger partial charge in [-0.2, -0.15) is 0 Å². The molecule has 2 aromatic rings. The van der Waals surface area contributed by atoms with Crippen molar-refractivity contribution in [1.82, 2.24) is 0 Å². The van der Waals surface area contributed by atoms with Crippen LogP contribution >= 0.6 is 0 Å². The van der Waals surface area contributed by atoms with Crippen molar-refractivity contribution in [2.24, 2.45) is 5.73 Å². The molecule has 0 aliphatic carbocycles. The molecule has 0 radical (unpaired) electrons. The summed E-state index contributed by atoms with van der Waals surface area (Å²) in [5.41, 5.74) is 9.27. The summed E-state index contributed by atoms with van der Waals surface area (Å²) in [5, 5.41) is 0. The van der Waals surface area contributed by atoms with Crippen LogP contribution in [0.1, 0.15) is 15.9 Å². The fourth-order valence-electron chi connectivity index (χ4n) is 2.22. The van der Waals surface area contributed by atoms with Gasteiger partial charge in [-0.05, 0) is 35.9 Å². The molecule has 0 heterocycles. The number of hydrogen-bond donors (Lipinski definition) is 1. The van der Waals surface area contributed by atoms with Crippen LogP contribution in [0.5, 0.6) is 0 Å². The fourth-order valence-corrected chi connectivity index (χ4v) is 2.22. The summed E-state index contributed by atoms with van der Waals surface area (Å²) < 4.78 is 0. The Labute approximate surface area is 125 Å². The highest BCUT2D eigenvalue weighted by Crippen LogP contribution is 2.21. The van der Waals surface area contributed by atoms with Crippen molar-refractivity contribution in [2.75, 3.05) is 30.9 Å². The molecule has 0 bridgehead atoms. The van der Waals surface area contributed by atoms with Crippen molar-refractivity contribution in [3.63, 3.8) is 0 Å². The van der Waals surface area contributed by atoms with Gasteiger partial charge >= 0.3 is 0 Å². The minimum absolute atomic E-state index is 0.0405. The third-order valence-corrected chi connectivity index (χ3v) is 3.51. The highest BCUT2D eigenvalue weighted by atomic mass is 16.2. The summed E-state index contributed by atoms with van der Waals surface area (Å²) >= 11 is 0. The van der Waals surface area contributed by atoms with E-state index in [-0.39, 0.29) is 5.91 Å². The molecule has 0 unspecified atom stereocenters. The fraction of sp³-hybridized carbons (Fsp3) is 0.235. The highest BCUT2D eigenvalue weighted by Gasteiger charge is 2.15. The summed E-state index contributed by atoms with van der Waals surface area (Å²) in [7, 11) is 5.72. The van der Waals surface area contributed by atoms with Gasteiger partial charge in [0.2, 0.25) is 0 Å². The summed E-state index contributed by atoms with van der Waals surface area (Å²) in [4.78, 5) is 16.2. The number of hydrogen-bond acceptors (Lipinski definition) is 3. The Kier molecular flexibility index (Phi) is 4.60. The molecule has 0 saturated heterocycles. The van der Waals surface area contributed by atoms with Crippen LogP contribution < -0.4 is 15.5 Å². The van der Waals surface area contributed by atoms with Gasteiger partial charge in [-0.3, -0.25) is 4.79 Å². The van der Waals surface area contributed by atoms with E-state index in [9.17, 15) is 4.79 Å². The minimum Gasteiger partial charge on any atom is -0.378 e. The number of carbonyl (C=O) groups is 1. The highest BCUT2D eigenvalue weighted by molar-refractivity contribution is 6.06. The maximum Gasteiger partial charge on any atom is 0.258 e. The number of amides is 1. The normalized spacial score (nSPS) is 10.3. The molecule has 0 saturated carbocycles. The number of carbonyl (C=O) groups excluding carboxylic acids is 1. The Hall–Kier alpha value is -2.33. The molecule has 0 fully saturated rings. The van der Waals surface area contributed by atoms with E-state index < -0.39 is 0 Å². The Balaban J connectivity index is 2.26. The van der Waals surface area contributed by atoms with E-state index in [4.69, 9.17) is 5.73 Å². The van der Waals surface area contributed by atoms with E-state index in [1.807, 2.05) is 67.5 Å². The third kappa shape index (κ3) is 3.23. The average Bonchev–Trinajstić information content (AvgIpc) is 2.53. The van der Waals surface area contributed by atoms with Gasteiger partial charge in [-0.15, -0.1) is 0 Å². The smallest absolute Gasteiger partial charge is 0.258 e. The maximum absolute atomic E-state index is 12.6. The molecule has 2 aromatic carbocycles. The van der Waals surface area contributed by atoms with Crippen LogP contribution in [0.15, 0.2) is 48.5 Å². The van der Waals surface area contributed by atoms with E-state index in [1.165, 1.54) is 0 Å². The second-order valence-corrected chi connectivity index (χ2v) is 5.14. The van der Waals surface area contributed by atoms with Crippen molar-refractivity contribution in [2.45, 2.75) is 6.54 Å².